The molecule has 2 aromatic rings. The third kappa shape index (κ3) is 3.47. The molecular formula is C13H17ClN4O. The van der Waals surface area contributed by atoms with Crippen LogP contribution in [-0.4, -0.2) is 16.9 Å². The van der Waals surface area contributed by atoms with Crippen molar-refractivity contribution in [3.8, 4) is 0 Å². The number of aromatic nitrogens is 1. The highest BCUT2D eigenvalue weighted by atomic mass is 35.5. The summed E-state index contributed by atoms with van der Waals surface area (Å²) in [4.78, 5) is 6.47. The van der Waals surface area contributed by atoms with Crippen molar-refractivity contribution in [2.45, 2.75) is 20.0 Å². The number of rotatable bonds is 5. The molecule has 0 aliphatic heterocycles. The van der Waals surface area contributed by atoms with Gasteiger partial charge in [-0.1, -0.05) is 11.6 Å². The summed E-state index contributed by atoms with van der Waals surface area (Å²) < 4.78 is 5.28. The number of aryl methyl sites for hydroxylation is 1. The first kappa shape index (κ1) is 13.9. The summed E-state index contributed by atoms with van der Waals surface area (Å²) in [5.74, 6) is 6.89. The first-order valence-electron chi connectivity index (χ1n) is 5.93. The van der Waals surface area contributed by atoms with Crippen LogP contribution in [-0.2, 0) is 13.1 Å². The van der Waals surface area contributed by atoms with Gasteiger partial charge in [-0.2, -0.15) is 0 Å². The lowest BCUT2D eigenvalue weighted by molar-refractivity contribution is 0.312. The molecule has 0 fully saturated rings. The van der Waals surface area contributed by atoms with Crippen LogP contribution in [0.1, 0.15) is 17.0 Å². The Morgan fingerprint density at radius 1 is 1.37 bits per heavy atom. The third-order valence-electron chi connectivity index (χ3n) is 2.89. The van der Waals surface area contributed by atoms with Crippen LogP contribution in [0.2, 0.25) is 5.02 Å². The molecule has 102 valence electrons. The molecule has 2 heterocycles. The molecule has 3 N–H and O–H groups in total. The van der Waals surface area contributed by atoms with Gasteiger partial charge in [0.25, 0.3) is 0 Å². The maximum absolute atomic E-state index is 6.13. The van der Waals surface area contributed by atoms with E-state index in [1.165, 1.54) is 0 Å². The molecule has 0 aliphatic rings. The summed E-state index contributed by atoms with van der Waals surface area (Å²) in [6.07, 6.45) is 1.70. The molecule has 0 saturated heterocycles. The molecule has 5 nitrogen and oxygen atoms in total. The van der Waals surface area contributed by atoms with Gasteiger partial charge in [-0.05, 0) is 32.2 Å². The first-order valence-corrected chi connectivity index (χ1v) is 6.31. The van der Waals surface area contributed by atoms with E-state index in [9.17, 15) is 0 Å². The monoisotopic (exact) mass is 280 g/mol. The van der Waals surface area contributed by atoms with Crippen LogP contribution < -0.4 is 11.3 Å². The molecule has 0 atom stereocenters. The minimum Gasteiger partial charge on any atom is -0.469 e. The fraction of sp³-hybridized carbons (Fsp3) is 0.308. The van der Waals surface area contributed by atoms with Crippen LogP contribution in [0.5, 0.6) is 0 Å². The first-order chi connectivity index (χ1) is 9.10. The highest BCUT2D eigenvalue weighted by Crippen LogP contribution is 2.19. The number of halogens is 1. The average Bonchev–Trinajstić information content (AvgIpc) is 2.78. The fourth-order valence-electron chi connectivity index (χ4n) is 1.85. The molecule has 0 unspecified atom stereocenters. The summed E-state index contributed by atoms with van der Waals surface area (Å²) in [6, 6.07) is 5.50. The van der Waals surface area contributed by atoms with Gasteiger partial charge in [0.15, 0.2) is 0 Å². The van der Waals surface area contributed by atoms with Crippen LogP contribution in [0.4, 0.5) is 5.82 Å². The second-order valence-electron chi connectivity index (χ2n) is 4.44. The Labute approximate surface area is 117 Å². The van der Waals surface area contributed by atoms with Crippen LogP contribution in [0.25, 0.3) is 0 Å². The standard InChI is InChI=1S/C13H17ClN4O/c1-9-10(5-6-19-9)7-18(2)8-12-11(14)3-4-13(16-12)17-15/h3-6H,7-8,15H2,1-2H3,(H,16,17). The van der Waals surface area contributed by atoms with E-state index in [2.05, 4.69) is 15.3 Å². The minimum atomic E-state index is 0.604. The number of pyridine rings is 1. The molecule has 0 saturated carbocycles. The van der Waals surface area contributed by atoms with Gasteiger partial charge in [0.2, 0.25) is 0 Å². The Morgan fingerprint density at radius 3 is 2.79 bits per heavy atom. The molecule has 0 aromatic carbocycles. The van der Waals surface area contributed by atoms with Gasteiger partial charge in [-0.25, -0.2) is 10.8 Å². The summed E-state index contributed by atoms with van der Waals surface area (Å²) in [6.45, 7) is 3.37. The zero-order valence-electron chi connectivity index (χ0n) is 11.0. The quantitative estimate of drug-likeness (QED) is 0.651. The van der Waals surface area contributed by atoms with Crippen molar-refractivity contribution in [2.75, 3.05) is 12.5 Å². The van der Waals surface area contributed by atoms with E-state index in [4.69, 9.17) is 21.9 Å². The Balaban J connectivity index is 2.06. The molecule has 2 rings (SSSR count). The highest BCUT2D eigenvalue weighted by Gasteiger charge is 2.10. The maximum Gasteiger partial charge on any atom is 0.140 e. The molecule has 6 heteroatoms. The SMILES string of the molecule is Cc1occc1CN(C)Cc1nc(NN)ccc1Cl. The lowest BCUT2D eigenvalue weighted by Crippen LogP contribution is -2.19. The smallest absolute Gasteiger partial charge is 0.140 e. The van der Waals surface area contributed by atoms with E-state index in [-0.39, 0.29) is 0 Å². The number of hydrogen-bond acceptors (Lipinski definition) is 5. The normalized spacial score (nSPS) is 11.0. The fourth-order valence-corrected chi connectivity index (χ4v) is 2.02. The van der Waals surface area contributed by atoms with Gasteiger partial charge in [0, 0.05) is 18.7 Å². The lowest BCUT2D eigenvalue weighted by atomic mass is 10.2. The topological polar surface area (TPSA) is 67.3 Å². The van der Waals surface area contributed by atoms with Gasteiger partial charge in [0.1, 0.15) is 11.6 Å². The van der Waals surface area contributed by atoms with Gasteiger partial charge < -0.3 is 9.84 Å². The average molecular weight is 281 g/mol. The minimum absolute atomic E-state index is 0.604. The molecule has 0 aliphatic carbocycles. The van der Waals surface area contributed by atoms with E-state index in [1.807, 2.05) is 20.0 Å². The molecule has 0 radical (unpaired) electrons. The second kappa shape index (κ2) is 6.06. The molecular weight excluding hydrogens is 264 g/mol. The highest BCUT2D eigenvalue weighted by molar-refractivity contribution is 6.31. The van der Waals surface area contributed by atoms with E-state index < -0.39 is 0 Å². The van der Waals surface area contributed by atoms with E-state index in [1.54, 1.807) is 18.4 Å². The second-order valence-corrected chi connectivity index (χ2v) is 4.85. The van der Waals surface area contributed by atoms with Crippen molar-refractivity contribution in [2.24, 2.45) is 5.84 Å². The zero-order chi connectivity index (χ0) is 13.8. The van der Waals surface area contributed by atoms with E-state index in [0.29, 0.717) is 17.4 Å². The van der Waals surface area contributed by atoms with Crippen molar-refractivity contribution >= 4 is 17.4 Å². The number of hydrazine groups is 1. The van der Waals surface area contributed by atoms with Crippen molar-refractivity contribution < 1.29 is 4.42 Å². The Morgan fingerprint density at radius 2 is 2.16 bits per heavy atom. The molecule has 2 aromatic heterocycles. The number of hydrogen-bond donors (Lipinski definition) is 2. The Hall–Kier alpha value is -1.56. The van der Waals surface area contributed by atoms with Crippen LogP contribution in [0.15, 0.2) is 28.9 Å². The predicted octanol–water partition coefficient (Wildman–Crippen LogP) is 2.55. The van der Waals surface area contributed by atoms with Gasteiger partial charge in [-0.15, -0.1) is 0 Å². The number of nitrogens with zero attached hydrogens (tertiary/aromatic N) is 2. The number of anilines is 1. The van der Waals surface area contributed by atoms with Crippen molar-refractivity contribution in [3.63, 3.8) is 0 Å². The molecule has 19 heavy (non-hydrogen) atoms. The Kier molecular flexibility index (Phi) is 4.42. The van der Waals surface area contributed by atoms with Crippen LogP contribution >= 0.6 is 11.6 Å². The molecule has 0 bridgehead atoms. The molecule has 0 amide bonds. The summed E-state index contributed by atoms with van der Waals surface area (Å²) in [5, 5.41) is 0.634. The molecule has 0 spiro atoms. The number of nitrogens with one attached hydrogen (secondary N) is 1. The number of nitrogen functional groups attached to an aromatic ring is 1. The lowest BCUT2D eigenvalue weighted by Gasteiger charge is -2.17. The van der Waals surface area contributed by atoms with E-state index in [0.717, 1.165) is 23.6 Å². The van der Waals surface area contributed by atoms with Crippen LogP contribution in [0, 0.1) is 6.92 Å². The number of furan rings is 1. The maximum atomic E-state index is 6.13. The van der Waals surface area contributed by atoms with Crippen molar-refractivity contribution in [1.82, 2.24) is 9.88 Å². The zero-order valence-corrected chi connectivity index (χ0v) is 11.7. The number of nitrogens with two attached hydrogens (primary N) is 1. The van der Waals surface area contributed by atoms with Gasteiger partial charge in [-0.3, -0.25) is 4.90 Å². The van der Waals surface area contributed by atoms with Gasteiger partial charge >= 0.3 is 0 Å². The van der Waals surface area contributed by atoms with Crippen molar-refractivity contribution in [1.29, 1.82) is 0 Å². The van der Waals surface area contributed by atoms with Crippen LogP contribution in [0.3, 0.4) is 0 Å². The van der Waals surface area contributed by atoms with Gasteiger partial charge in [0.05, 0.1) is 17.0 Å². The van der Waals surface area contributed by atoms with E-state index >= 15 is 0 Å². The summed E-state index contributed by atoms with van der Waals surface area (Å²) in [7, 11) is 2.01. The largest absolute Gasteiger partial charge is 0.469 e. The third-order valence-corrected chi connectivity index (χ3v) is 3.24. The van der Waals surface area contributed by atoms with Crippen molar-refractivity contribution in [3.05, 3.63) is 46.5 Å². The summed E-state index contributed by atoms with van der Waals surface area (Å²) >= 11 is 6.13. The predicted molar refractivity (Wildman–Crippen MR) is 75.7 cm³/mol. The Bertz CT molecular complexity index is 555. The summed E-state index contributed by atoms with van der Waals surface area (Å²) in [5.41, 5.74) is 4.47.